The summed E-state index contributed by atoms with van der Waals surface area (Å²) in [6.45, 7) is 0. The van der Waals surface area contributed by atoms with Gasteiger partial charge in [0.25, 0.3) is 5.69 Å². The summed E-state index contributed by atoms with van der Waals surface area (Å²) < 4.78 is 0. The van der Waals surface area contributed by atoms with Gasteiger partial charge in [-0.3, -0.25) is 10.1 Å². The van der Waals surface area contributed by atoms with Crippen molar-refractivity contribution in [3.63, 3.8) is 0 Å². The lowest BCUT2D eigenvalue weighted by atomic mass is 9.99. The normalized spacial score (nSPS) is 12.4. The Bertz CT molecular complexity index is 659. The molecule has 3 heteroatoms. The molecule has 2 aromatic rings. The maximum Gasteiger partial charge on any atom is 0.277 e. The van der Waals surface area contributed by atoms with E-state index in [2.05, 4.69) is 12.2 Å². The predicted octanol–water partition coefficient (Wildman–Crippen LogP) is 3.83. The van der Waals surface area contributed by atoms with E-state index in [-0.39, 0.29) is 10.6 Å². The summed E-state index contributed by atoms with van der Waals surface area (Å²) in [6.07, 6.45) is 5.09. The highest BCUT2D eigenvalue weighted by Gasteiger charge is 2.15. The second-order valence-electron chi connectivity index (χ2n) is 4.29. The van der Waals surface area contributed by atoms with Gasteiger partial charge in [0.2, 0.25) is 0 Å². The van der Waals surface area contributed by atoms with Gasteiger partial charge in [0.05, 0.1) is 10.5 Å². The number of hydrogen-bond donors (Lipinski definition) is 0. The minimum atomic E-state index is -0.333. The Morgan fingerprint density at radius 2 is 1.94 bits per heavy atom. The van der Waals surface area contributed by atoms with Gasteiger partial charge < -0.3 is 0 Å². The Labute approximate surface area is 105 Å². The summed E-state index contributed by atoms with van der Waals surface area (Å²) in [7, 11) is 0. The molecule has 0 saturated carbocycles. The molecule has 0 radical (unpaired) electrons. The molecule has 0 fully saturated rings. The molecule has 0 amide bonds. The zero-order valence-electron chi connectivity index (χ0n) is 9.67. The molecule has 18 heavy (non-hydrogen) atoms. The maximum absolute atomic E-state index is 11.0. The van der Waals surface area contributed by atoms with E-state index in [0.717, 1.165) is 12.0 Å². The number of fused-ring (bicyclic) bond motifs is 1. The average molecular weight is 237 g/mol. The second-order valence-corrected chi connectivity index (χ2v) is 4.29. The van der Waals surface area contributed by atoms with Gasteiger partial charge in [-0.1, -0.05) is 36.4 Å². The monoisotopic (exact) mass is 237 g/mol. The molecule has 0 heterocycles. The molecule has 0 spiro atoms. The Kier molecular flexibility index (Phi) is 2.45. The van der Waals surface area contributed by atoms with Gasteiger partial charge in [0.1, 0.15) is 0 Å². The van der Waals surface area contributed by atoms with E-state index in [1.54, 1.807) is 18.2 Å². The van der Waals surface area contributed by atoms with Crippen molar-refractivity contribution in [3.05, 3.63) is 69.8 Å². The smallest absolute Gasteiger partial charge is 0.258 e. The molecule has 1 aliphatic carbocycles. The van der Waals surface area contributed by atoms with Gasteiger partial charge >= 0.3 is 0 Å². The fraction of sp³-hybridized carbons (Fsp3) is 0.0667. The van der Waals surface area contributed by atoms with Crippen molar-refractivity contribution in [2.75, 3.05) is 0 Å². The maximum atomic E-state index is 11.0. The highest BCUT2D eigenvalue weighted by molar-refractivity contribution is 5.76. The number of allylic oxidation sites excluding steroid dienone is 1. The van der Waals surface area contributed by atoms with Gasteiger partial charge in [0, 0.05) is 6.07 Å². The lowest BCUT2D eigenvalue weighted by molar-refractivity contribution is -0.384. The van der Waals surface area contributed by atoms with Crippen LogP contribution in [0.1, 0.15) is 11.1 Å². The summed E-state index contributed by atoms with van der Waals surface area (Å²) in [5.41, 5.74) is 4.17. The summed E-state index contributed by atoms with van der Waals surface area (Å²) in [5.74, 6) is 0. The molecule has 3 rings (SSSR count). The van der Waals surface area contributed by atoms with E-state index in [4.69, 9.17) is 0 Å². The standard InChI is InChI=1S/C15H11NO2/c17-16(18)15-7-2-1-6-14(15)13-9-8-11-4-3-5-12(11)10-13/h1-4,6-10H,5H2. The van der Waals surface area contributed by atoms with Crippen molar-refractivity contribution in [2.24, 2.45) is 0 Å². The molecule has 1 aliphatic rings. The van der Waals surface area contributed by atoms with Crippen molar-refractivity contribution in [3.8, 4) is 11.1 Å². The first-order valence-electron chi connectivity index (χ1n) is 5.79. The van der Waals surface area contributed by atoms with Crippen LogP contribution in [-0.2, 0) is 6.42 Å². The minimum Gasteiger partial charge on any atom is -0.258 e. The molecular formula is C15H11NO2. The number of nitro groups is 1. The number of benzene rings is 2. The molecule has 0 aromatic heterocycles. The third-order valence-corrected chi connectivity index (χ3v) is 3.19. The van der Waals surface area contributed by atoms with E-state index in [9.17, 15) is 10.1 Å². The van der Waals surface area contributed by atoms with Crippen LogP contribution in [0.3, 0.4) is 0 Å². The van der Waals surface area contributed by atoms with E-state index < -0.39 is 0 Å². The van der Waals surface area contributed by atoms with Crippen LogP contribution in [0.4, 0.5) is 5.69 Å². The van der Waals surface area contributed by atoms with Crippen molar-refractivity contribution in [1.29, 1.82) is 0 Å². The van der Waals surface area contributed by atoms with Gasteiger partial charge in [-0.05, 0) is 35.2 Å². The average Bonchev–Trinajstić information content (AvgIpc) is 2.85. The fourth-order valence-corrected chi connectivity index (χ4v) is 2.30. The van der Waals surface area contributed by atoms with Crippen molar-refractivity contribution in [2.45, 2.75) is 6.42 Å². The molecule has 3 nitrogen and oxygen atoms in total. The molecule has 2 aromatic carbocycles. The highest BCUT2D eigenvalue weighted by atomic mass is 16.6. The van der Waals surface area contributed by atoms with Crippen LogP contribution in [0.5, 0.6) is 0 Å². The zero-order valence-corrected chi connectivity index (χ0v) is 9.67. The lowest BCUT2D eigenvalue weighted by Gasteiger charge is -2.05. The predicted molar refractivity (Wildman–Crippen MR) is 71.3 cm³/mol. The Balaban J connectivity index is 2.14. The van der Waals surface area contributed by atoms with E-state index >= 15 is 0 Å². The van der Waals surface area contributed by atoms with Crippen LogP contribution in [0.2, 0.25) is 0 Å². The van der Waals surface area contributed by atoms with Crippen molar-refractivity contribution < 1.29 is 4.92 Å². The zero-order chi connectivity index (χ0) is 12.5. The van der Waals surface area contributed by atoms with Gasteiger partial charge in [-0.2, -0.15) is 0 Å². The Morgan fingerprint density at radius 1 is 1.11 bits per heavy atom. The Hall–Kier alpha value is -2.42. The fourth-order valence-electron chi connectivity index (χ4n) is 2.30. The second kappa shape index (κ2) is 4.11. The molecule has 0 unspecified atom stereocenters. The summed E-state index contributed by atoms with van der Waals surface area (Å²) in [6, 6.07) is 12.9. The van der Waals surface area contributed by atoms with Gasteiger partial charge in [-0.25, -0.2) is 0 Å². The highest BCUT2D eigenvalue weighted by Crippen LogP contribution is 2.32. The van der Waals surface area contributed by atoms with Crippen LogP contribution in [0.15, 0.2) is 48.5 Å². The van der Waals surface area contributed by atoms with Gasteiger partial charge in [-0.15, -0.1) is 0 Å². The number of rotatable bonds is 2. The summed E-state index contributed by atoms with van der Waals surface area (Å²) in [4.78, 5) is 10.7. The van der Waals surface area contributed by atoms with Crippen LogP contribution in [-0.4, -0.2) is 4.92 Å². The molecule has 0 aliphatic heterocycles. The minimum absolute atomic E-state index is 0.156. The molecule has 0 saturated heterocycles. The molecule has 0 bridgehead atoms. The number of para-hydroxylation sites is 1. The Morgan fingerprint density at radius 3 is 2.78 bits per heavy atom. The van der Waals surface area contributed by atoms with Crippen molar-refractivity contribution >= 4 is 11.8 Å². The quantitative estimate of drug-likeness (QED) is 0.588. The third-order valence-electron chi connectivity index (χ3n) is 3.19. The number of hydrogen-bond acceptors (Lipinski definition) is 2. The van der Waals surface area contributed by atoms with Crippen molar-refractivity contribution in [1.82, 2.24) is 0 Å². The van der Waals surface area contributed by atoms with Crippen LogP contribution in [0.25, 0.3) is 17.2 Å². The van der Waals surface area contributed by atoms with Gasteiger partial charge in [0.15, 0.2) is 0 Å². The topological polar surface area (TPSA) is 43.1 Å². The largest absolute Gasteiger partial charge is 0.277 e. The van der Waals surface area contributed by atoms with Crippen LogP contribution in [0, 0.1) is 10.1 Å². The first-order chi connectivity index (χ1) is 8.75. The lowest BCUT2D eigenvalue weighted by Crippen LogP contribution is -1.92. The van der Waals surface area contributed by atoms with E-state index in [0.29, 0.717) is 5.56 Å². The number of nitro benzene ring substituents is 1. The molecule has 88 valence electrons. The molecule has 0 N–H and O–H groups in total. The summed E-state index contributed by atoms with van der Waals surface area (Å²) >= 11 is 0. The molecule has 0 atom stereocenters. The first-order valence-corrected chi connectivity index (χ1v) is 5.79. The van der Waals surface area contributed by atoms with Crippen LogP contribution < -0.4 is 0 Å². The van der Waals surface area contributed by atoms with E-state index in [1.165, 1.54) is 11.1 Å². The number of nitrogens with zero attached hydrogens (tertiary/aromatic N) is 1. The van der Waals surface area contributed by atoms with Crippen LogP contribution >= 0.6 is 0 Å². The van der Waals surface area contributed by atoms with E-state index in [1.807, 2.05) is 24.3 Å². The summed E-state index contributed by atoms with van der Waals surface area (Å²) in [5, 5.41) is 11.0. The SMILES string of the molecule is O=[N+]([O-])c1ccccc1-c1ccc2c(c1)CC=C2. The first kappa shape index (κ1) is 10.7. The third kappa shape index (κ3) is 1.70. The molecular weight excluding hydrogens is 226 g/mol.